The Morgan fingerprint density at radius 1 is 1.28 bits per heavy atom. The van der Waals surface area contributed by atoms with Crippen molar-refractivity contribution < 1.29 is 13.5 Å². The van der Waals surface area contributed by atoms with Gasteiger partial charge in [-0.1, -0.05) is 31.5 Å². The average Bonchev–Trinajstić information content (AvgIpc) is 2.27. The Bertz CT molecular complexity index is 489. The van der Waals surface area contributed by atoms with Crippen LogP contribution in [0.2, 0.25) is 0 Å². The van der Waals surface area contributed by atoms with Crippen LogP contribution in [0.1, 0.15) is 26.3 Å². The smallest absolute Gasteiger partial charge is 0.240 e. The van der Waals surface area contributed by atoms with Crippen molar-refractivity contribution in [1.82, 2.24) is 4.72 Å². The lowest BCUT2D eigenvalue weighted by atomic mass is 9.93. The molecular formula is C13H21NO3S. The van der Waals surface area contributed by atoms with E-state index in [1.165, 1.54) is 0 Å². The van der Waals surface area contributed by atoms with Gasteiger partial charge in [0.2, 0.25) is 10.0 Å². The Hall–Kier alpha value is -0.910. The van der Waals surface area contributed by atoms with Crippen LogP contribution in [0, 0.1) is 12.8 Å². The number of nitrogens with one attached hydrogen (secondary N) is 1. The molecule has 0 heterocycles. The zero-order chi connectivity index (χ0) is 14.0. The first-order chi connectivity index (χ1) is 8.15. The zero-order valence-electron chi connectivity index (χ0n) is 11.3. The molecule has 0 saturated carbocycles. The number of aryl methyl sites for hydroxylation is 1. The zero-order valence-corrected chi connectivity index (χ0v) is 12.1. The van der Waals surface area contributed by atoms with Crippen LogP contribution in [0.5, 0.6) is 0 Å². The molecule has 1 unspecified atom stereocenters. The number of benzene rings is 1. The molecule has 1 atom stereocenters. The van der Waals surface area contributed by atoms with E-state index in [1.807, 2.05) is 20.8 Å². The van der Waals surface area contributed by atoms with Crippen LogP contribution in [-0.4, -0.2) is 25.7 Å². The quantitative estimate of drug-likeness (QED) is 0.856. The third-order valence-corrected chi connectivity index (χ3v) is 4.61. The van der Waals surface area contributed by atoms with Crippen molar-refractivity contribution in [3.8, 4) is 0 Å². The van der Waals surface area contributed by atoms with Gasteiger partial charge in [-0.25, -0.2) is 13.1 Å². The highest BCUT2D eigenvalue weighted by atomic mass is 32.2. The summed E-state index contributed by atoms with van der Waals surface area (Å²) in [5.41, 5.74) is -0.0549. The summed E-state index contributed by atoms with van der Waals surface area (Å²) in [5.74, 6) is -0.0294. The van der Waals surface area contributed by atoms with Crippen LogP contribution in [0.3, 0.4) is 0 Å². The second-order valence-electron chi connectivity index (χ2n) is 5.15. The summed E-state index contributed by atoms with van der Waals surface area (Å²) in [6.07, 6.45) is 0. The summed E-state index contributed by atoms with van der Waals surface area (Å²) < 4.78 is 26.4. The lowest BCUT2D eigenvalue weighted by molar-refractivity contribution is 0.0190. The number of hydrogen-bond acceptors (Lipinski definition) is 3. The minimum absolute atomic E-state index is 0.000869. The Morgan fingerprint density at radius 2 is 1.78 bits per heavy atom. The molecule has 2 N–H and O–H groups in total. The molecule has 4 nitrogen and oxygen atoms in total. The first-order valence-corrected chi connectivity index (χ1v) is 7.42. The van der Waals surface area contributed by atoms with Crippen molar-refractivity contribution in [3.63, 3.8) is 0 Å². The van der Waals surface area contributed by atoms with Crippen molar-refractivity contribution in [3.05, 3.63) is 29.8 Å². The third kappa shape index (κ3) is 3.80. The van der Waals surface area contributed by atoms with Gasteiger partial charge in [-0.05, 0) is 31.9 Å². The van der Waals surface area contributed by atoms with Gasteiger partial charge in [-0.3, -0.25) is 0 Å². The normalized spacial score (nSPS) is 15.7. The van der Waals surface area contributed by atoms with Crippen molar-refractivity contribution in [2.75, 3.05) is 6.54 Å². The first-order valence-electron chi connectivity index (χ1n) is 5.94. The average molecular weight is 271 g/mol. The predicted octanol–water partition coefficient (Wildman–Crippen LogP) is 1.68. The molecule has 0 aliphatic heterocycles. The minimum atomic E-state index is -3.55. The molecule has 0 fully saturated rings. The van der Waals surface area contributed by atoms with E-state index >= 15 is 0 Å². The fraction of sp³-hybridized carbons (Fsp3) is 0.538. The molecular weight excluding hydrogens is 250 g/mol. The van der Waals surface area contributed by atoms with Gasteiger partial charge >= 0.3 is 0 Å². The van der Waals surface area contributed by atoms with Crippen LogP contribution in [-0.2, 0) is 10.0 Å². The third-order valence-electron chi connectivity index (χ3n) is 3.20. The van der Waals surface area contributed by atoms with E-state index in [9.17, 15) is 13.5 Å². The molecule has 1 aromatic rings. The molecule has 1 aromatic carbocycles. The molecule has 0 aromatic heterocycles. The van der Waals surface area contributed by atoms with Crippen molar-refractivity contribution in [2.24, 2.45) is 5.92 Å². The highest BCUT2D eigenvalue weighted by Crippen LogP contribution is 2.16. The Balaban J connectivity index is 2.81. The second-order valence-corrected chi connectivity index (χ2v) is 6.92. The van der Waals surface area contributed by atoms with Crippen molar-refractivity contribution >= 4 is 10.0 Å². The van der Waals surface area contributed by atoms with E-state index in [1.54, 1.807) is 31.2 Å². The molecule has 5 heteroatoms. The van der Waals surface area contributed by atoms with Crippen LogP contribution in [0.25, 0.3) is 0 Å². The van der Waals surface area contributed by atoms with E-state index in [0.29, 0.717) is 0 Å². The molecule has 1 rings (SSSR count). The van der Waals surface area contributed by atoms with Crippen LogP contribution >= 0.6 is 0 Å². The molecule has 0 amide bonds. The van der Waals surface area contributed by atoms with Gasteiger partial charge in [-0.15, -0.1) is 0 Å². The van der Waals surface area contributed by atoms with Gasteiger partial charge in [0.1, 0.15) is 0 Å². The molecule has 0 spiro atoms. The molecule has 0 saturated heterocycles. The van der Waals surface area contributed by atoms with E-state index < -0.39 is 15.6 Å². The van der Waals surface area contributed by atoms with Crippen molar-refractivity contribution in [1.29, 1.82) is 0 Å². The SMILES string of the molecule is Cc1ccc(S(=O)(=O)NCC(C)(O)C(C)C)cc1. The summed E-state index contributed by atoms with van der Waals surface area (Å²) in [6, 6.07) is 6.60. The molecule has 0 radical (unpaired) electrons. The highest BCUT2D eigenvalue weighted by Gasteiger charge is 2.27. The maximum Gasteiger partial charge on any atom is 0.240 e. The first kappa shape index (κ1) is 15.1. The molecule has 0 aliphatic carbocycles. The van der Waals surface area contributed by atoms with Gasteiger partial charge in [0.15, 0.2) is 0 Å². The van der Waals surface area contributed by atoms with Crippen LogP contribution in [0.15, 0.2) is 29.2 Å². The predicted molar refractivity (Wildman–Crippen MR) is 71.8 cm³/mol. The van der Waals surface area contributed by atoms with Crippen LogP contribution in [0.4, 0.5) is 0 Å². The molecule has 0 bridgehead atoms. The Morgan fingerprint density at radius 3 is 2.22 bits per heavy atom. The second kappa shape index (κ2) is 5.38. The van der Waals surface area contributed by atoms with E-state index in [-0.39, 0.29) is 17.4 Å². The monoisotopic (exact) mass is 271 g/mol. The summed E-state index contributed by atoms with van der Waals surface area (Å²) in [6.45, 7) is 7.21. The highest BCUT2D eigenvalue weighted by molar-refractivity contribution is 7.89. The maximum absolute atomic E-state index is 12.0. The number of sulfonamides is 1. The topological polar surface area (TPSA) is 66.4 Å². The lowest BCUT2D eigenvalue weighted by Crippen LogP contribution is -2.44. The summed E-state index contributed by atoms with van der Waals surface area (Å²) in [5, 5.41) is 10.0. The van der Waals surface area contributed by atoms with Gasteiger partial charge in [-0.2, -0.15) is 0 Å². The molecule has 18 heavy (non-hydrogen) atoms. The van der Waals surface area contributed by atoms with Gasteiger partial charge in [0.25, 0.3) is 0 Å². The maximum atomic E-state index is 12.0. The molecule has 102 valence electrons. The lowest BCUT2D eigenvalue weighted by Gasteiger charge is -2.27. The van der Waals surface area contributed by atoms with Gasteiger partial charge in [0, 0.05) is 6.54 Å². The van der Waals surface area contributed by atoms with E-state index in [0.717, 1.165) is 5.56 Å². The number of aliphatic hydroxyl groups is 1. The largest absolute Gasteiger partial charge is 0.389 e. The van der Waals surface area contributed by atoms with Gasteiger partial charge < -0.3 is 5.11 Å². The number of rotatable bonds is 5. The number of hydrogen-bond donors (Lipinski definition) is 2. The van der Waals surface area contributed by atoms with Gasteiger partial charge in [0.05, 0.1) is 10.5 Å². The van der Waals surface area contributed by atoms with E-state index in [4.69, 9.17) is 0 Å². The minimum Gasteiger partial charge on any atom is -0.389 e. The summed E-state index contributed by atoms with van der Waals surface area (Å²) >= 11 is 0. The standard InChI is InChI=1S/C13H21NO3S/c1-10(2)13(4,15)9-14-18(16,17)12-7-5-11(3)6-8-12/h5-8,10,14-15H,9H2,1-4H3. The fourth-order valence-electron chi connectivity index (χ4n) is 1.25. The Kier molecular flexibility index (Phi) is 4.53. The van der Waals surface area contributed by atoms with Crippen molar-refractivity contribution in [2.45, 2.75) is 38.2 Å². The van der Waals surface area contributed by atoms with Crippen LogP contribution < -0.4 is 4.72 Å². The van der Waals surface area contributed by atoms with E-state index in [2.05, 4.69) is 4.72 Å². The fourth-order valence-corrected chi connectivity index (χ4v) is 2.39. The summed E-state index contributed by atoms with van der Waals surface area (Å²) in [4.78, 5) is 0.215. The Labute approximate surface area is 109 Å². The molecule has 0 aliphatic rings. The summed E-state index contributed by atoms with van der Waals surface area (Å²) in [7, 11) is -3.55.